The molecule has 1 N–H and O–H groups in total. The number of hydrogen-bond donors (Lipinski definition) is 1. The van der Waals surface area contributed by atoms with Crippen molar-refractivity contribution >= 4 is 0 Å². The van der Waals surface area contributed by atoms with Crippen LogP contribution < -0.4 is 0 Å². The minimum Gasteiger partial charge on any atom is -0.390 e. The molecule has 0 amide bonds. The Morgan fingerprint density at radius 2 is 1.83 bits per heavy atom. The molecule has 106 valence electrons. The van der Waals surface area contributed by atoms with Crippen LogP contribution >= 0.6 is 0 Å². The van der Waals surface area contributed by atoms with Crippen LogP contribution in [-0.2, 0) is 9.47 Å². The van der Waals surface area contributed by atoms with Crippen LogP contribution in [0.4, 0.5) is 0 Å². The van der Waals surface area contributed by atoms with Crippen molar-refractivity contribution in [2.24, 2.45) is 0 Å². The van der Waals surface area contributed by atoms with Crippen molar-refractivity contribution in [3.05, 3.63) is 0 Å². The fourth-order valence-corrected chi connectivity index (χ4v) is 3.49. The number of piperidine rings is 1. The Labute approximate surface area is 110 Å². The van der Waals surface area contributed by atoms with Gasteiger partial charge in [0.25, 0.3) is 0 Å². The number of methoxy groups -OCH3 is 1. The Morgan fingerprint density at radius 3 is 2.44 bits per heavy atom. The van der Waals surface area contributed by atoms with Crippen LogP contribution in [0.1, 0.15) is 38.5 Å². The molecule has 0 aromatic rings. The molecule has 0 aliphatic carbocycles. The molecule has 2 aliphatic heterocycles. The third-order valence-electron chi connectivity index (χ3n) is 4.58. The van der Waals surface area contributed by atoms with Gasteiger partial charge in [-0.1, -0.05) is 0 Å². The molecule has 0 aromatic carbocycles. The van der Waals surface area contributed by atoms with Crippen molar-refractivity contribution in [1.29, 1.82) is 0 Å². The molecule has 4 nitrogen and oxygen atoms in total. The van der Waals surface area contributed by atoms with Crippen LogP contribution in [0.25, 0.3) is 0 Å². The van der Waals surface area contributed by atoms with E-state index < -0.39 is 5.60 Å². The van der Waals surface area contributed by atoms with E-state index in [1.54, 1.807) is 7.11 Å². The van der Waals surface area contributed by atoms with E-state index in [1.165, 1.54) is 12.8 Å². The summed E-state index contributed by atoms with van der Waals surface area (Å²) in [6.07, 6.45) is 6.22. The summed E-state index contributed by atoms with van der Waals surface area (Å²) in [7, 11) is 3.89. The highest BCUT2D eigenvalue weighted by molar-refractivity contribution is 5.00. The van der Waals surface area contributed by atoms with Crippen LogP contribution in [0, 0.1) is 0 Å². The maximum absolute atomic E-state index is 10.7. The van der Waals surface area contributed by atoms with Crippen molar-refractivity contribution in [3.63, 3.8) is 0 Å². The quantitative estimate of drug-likeness (QED) is 0.700. The zero-order valence-electron chi connectivity index (χ0n) is 11.7. The highest BCUT2D eigenvalue weighted by Gasteiger charge is 2.45. The van der Waals surface area contributed by atoms with Gasteiger partial charge in [0.15, 0.2) is 0 Å². The summed E-state index contributed by atoms with van der Waals surface area (Å²) in [6.45, 7) is 2.04. The summed E-state index contributed by atoms with van der Waals surface area (Å²) in [5, 5.41) is 10.7. The third kappa shape index (κ3) is 3.44. The highest BCUT2D eigenvalue weighted by Crippen LogP contribution is 2.41. The minimum absolute atomic E-state index is 0.442. The van der Waals surface area contributed by atoms with Crippen LogP contribution in [0.5, 0.6) is 0 Å². The summed E-state index contributed by atoms with van der Waals surface area (Å²) < 4.78 is 10.4. The lowest BCUT2D eigenvalue weighted by molar-refractivity contribution is -0.0555. The maximum atomic E-state index is 10.7. The summed E-state index contributed by atoms with van der Waals surface area (Å²) in [4.78, 5) is 2.46. The molecule has 2 heterocycles. The number of ether oxygens (including phenoxy) is 2. The van der Waals surface area contributed by atoms with Gasteiger partial charge in [0.2, 0.25) is 0 Å². The number of aliphatic hydroxyl groups is 1. The molecule has 2 unspecified atom stereocenters. The Morgan fingerprint density at radius 1 is 1.17 bits per heavy atom. The van der Waals surface area contributed by atoms with Gasteiger partial charge in [0.05, 0.1) is 18.8 Å². The van der Waals surface area contributed by atoms with Crippen LogP contribution in [0.2, 0.25) is 0 Å². The van der Waals surface area contributed by atoms with Crippen molar-refractivity contribution in [2.45, 2.75) is 56.2 Å². The fourth-order valence-electron chi connectivity index (χ4n) is 3.49. The van der Waals surface area contributed by atoms with Crippen molar-refractivity contribution in [1.82, 2.24) is 4.90 Å². The largest absolute Gasteiger partial charge is 0.390 e. The SMILES string of the molecule is COCCOCCCC1(O)CC2CCC(C1)N2C. The van der Waals surface area contributed by atoms with E-state index in [9.17, 15) is 5.11 Å². The average molecular weight is 257 g/mol. The van der Waals surface area contributed by atoms with Crippen LogP contribution in [0.15, 0.2) is 0 Å². The van der Waals surface area contributed by atoms with Gasteiger partial charge in [-0.2, -0.15) is 0 Å². The second-order valence-electron chi connectivity index (χ2n) is 5.89. The van der Waals surface area contributed by atoms with Gasteiger partial charge in [0, 0.05) is 25.8 Å². The molecule has 2 atom stereocenters. The molecule has 0 saturated carbocycles. The maximum Gasteiger partial charge on any atom is 0.0700 e. The lowest BCUT2D eigenvalue weighted by Gasteiger charge is -2.42. The van der Waals surface area contributed by atoms with Gasteiger partial charge in [0.1, 0.15) is 0 Å². The van der Waals surface area contributed by atoms with Crippen molar-refractivity contribution in [3.8, 4) is 0 Å². The summed E-state index contributed by atoms with van der Waals surface area (Å²) in [5.41, 5.74) is -0.442. The lowest BCUT2D eigenvalue weighted by atomic mass is 9.83. The van der Waals surface area contributed by atoms with Gasteiger partial charge < -0.3 is 19.5 Å². The molecule has 0 spiro atoms. The standard InChI is InChI=1S/C14H27NO3/c1-15-12-4-5-13(15)11-14(16,10-12)6-3-7-18-9-8-17-2/h12-13,16H,3-11H2,1-2H3. The predicted octanol–water partition coefficient (Wildman–Crippen LogP) is 1.42. The molecular formula is C14H27NO3. The molecule has 0 radical (unpaired) electrons. The topological polar surface area (TPSA) is 41.9 Å². The second-order valence-corrected chi connectivity index (χ2v) is 5.89. The number of rotatable bonds is 7. The average Bonchev–Trinajstić information content (AvgIpc) is 2.58. The monoisotopic (exact) mass is 257 g/mol. The van der Waals surface area contributed by atoms with Gasteiger partial charge in [-0.15, -0.1) is 0 Å². The molecule has 2 rings (SSSR count). The molecular weight excluding hydrogens is 230 g/mol. The Bertz CT molecular complexity index is 245. The van der Waals surface area contributed by atoms with E-state index in [4.69, 9.17) is 9.47 Å². The first-order chi connectivity index (χ1) is 8.64. The first kappa shape index (κ1) is 14.3. The molecule has 0 aromatic heterocycles. The van der Waals surface area contributed by atoms with Crippen molar-refractivity contribution < 1.29 is 14.6 Å². The minimum atomic E-state index is -0.442. The Hall–Kier alpha value is -0.160. The molecule has 4 heteroatoms. The van der Waals surface area contributed by atoms with Crippen LogP contribution in [0.3, 0.4) is 0 Å². The molecule has 2 aliphatic rings. The van der Waals surface area contributed by atoms with E-state index in [1.807, 2.05) is 0 Å². The summed E-state index contributed by atoms with van der Waals surface area (Å²) >= 11 is 0. The molecule has 18 heavy (non-hydrogen) atoms. The number of hydrogen-bond acceptors (Lipinski definition) is 4. The van der Waals surface area contributed by atoms with Gasteiger partial charge in [-0.05, 0) is 45.6 Å². The normalized spacial score (nSPS) is 36.2. The zero-order chi connectivity index (χ0) is 13.0. The van der Waals surface area contributed by atoms with Crippen LogP contribution in [-0.4, -0.2) is 61.7 Å². The summed E-state index contributed by atoms with van der Waals surface area (Å²) in [6, 6.07) is 1.20. The number of nitrogens with zero attached hydrogens (tertiary/aromatic N) is 1. The van der Waals surface area contributed by atoms with E-state index in [-0.39, 0.29) is 0 Å². The summed E-state index contributed by atoms with van der Waals surface area (Å²) in [5.74, 6) is 0. The van der Waals surface area contributed by atoms with Gasteiger partial charge >= 0.3 is 0 Å². The Kier molecular flexibility index (Phi) is 5.01. The molecule has 2 saturated heterocycles. The smallest absolute Gasteiger partial charge is 0.0700 e. The van der Waals surface area contributed by atoms with Crippen molar-refractivity contribution in [2.75, 3.05) is 34.0 Å². The highest BCUT2D eigenvalue weighted by atomic mass is 16.5. The molecule has 2 bridgehead atoms. The van der Waals surface area contributed by atoms with E-state index in [2.05, 4.69) is 11.9 Å². The fraction of sp³-hybridized carbons (Fsp3) is 1.00. The molecule has 2 fully saturated rings. The van der Waals surface area contributed by atoms with Gasteiger partial charge in [-0.25, -0.2) is 0 Å². The van der Waals surface area contributed by atoms with E-state index >= 15 is 0 Å². The van der Waals surface area contributed by atoms with E-state index in [0.29, 0.717) is 25.3 Å². The predicted molar refractivity (Wildman–Crippen MR) is 70.7 cm³/mol. The third-order valence-corrected chi connectivity index (χ3v) is 4.58. The van der Waals surface area contributed by atoms with E-state index in [0.717, 1.165) is 32.3 Å². The first-order valence-corrected chi connectivity index (χ1v) is 7.16. The first-order valence-electron chi connectivity index (χ1n) is 7.16. The zero-order valence-corrected chi connectivity index (χ0v) is 11.7. The Balaban J connectivity index is 1.66. The lowest BCUT2D eigenvalue weighted by Crippen LogP contribution is -2.49. The van der Waals surface area contributed by atoms with Gasteiger partial charge in [-0.3, -0.25) is 0 Å². The number of fused-ring (bicyclic) bond motifs is 2. The second kappa shape index (κ2) is 6.33.